The first-order valence-corrected chi connectivity index (χ1v) is 5.26. The SMILES string of the molecule is CCN(CCO)C(=O)Cc1ccc(N)cn1. The van der Waals surface area contributed by atoms with Gasteiger partial charge in [-0.25, -0.2) is 0 Å². The quantitative estimate of drug-likeness (QED) is 0.739. The van der Waals surface area contributed by atoms with E-state index in [0.29, 0.717) is 24.5 Å². The van der Waals surface area contributed by atoms with Crippen molar-refractivity contribution in [2.45, 2.75) is 13.3 Å². The molecule has 88 valence electrons. The summed E-state index contributed by atoms with van der Waals surface area (Å²) in [6.07, 6.45) is 1.78. The zero-order valence-electron chi connectivity index (χ0n) is 9.39. The van der Waals surface area contributed by atoms with Crippen molar-refractivity contribution in [3.8, 4) is 0 Å². The molecule has 0 bridgehead atoms. The van der Waals surface area contributed by atoms with Gasteiger partial charge in [-0.3, -0.25) is 9.78 Å². The molecule has 1 aromatic heterocycles. The van der Waals surface area contributed by atoms with Crippen LogP contribution in [0.25, 0.3) is 0 Å². The summed E-state index contributed by atoms with van der Waals surface area (Å²) in [5.41, 5.74) is 6.77. The Bertz CT molecular complexity index is 338. The second kappa shape index (κ2) is 6.07. The third-order valence-electron chi connectivity index (χ3n) is 2.28. The second-order valence-corrected chi connectivity index (χ2v) is 3.46. The smallest absolute Gasteiger partial charge is 0.228 e. The molecule has 1 rings (SSSR count). The van der Waals surface area contributed by atoms with Crippen LogP contribution in [-0.4, -0.2) is 40.6 Å². The fraction of sp³-hybridized carbons (Fsp3) is 0.455. The number of carbonyl (C=O) groups is 1. The maximum absolute atomic E-state index is 11.8. The number of aliphatic hydroxyl groups excluding tert-OH is 1. The molecule has 0 aliphatic carbocycles. The minimum Gasteiger partial charge on any atom is -0.397 e. The lowest BCUT2D eigenvalue weighted by Gasteiger charge is -2.19. The van der Waals surface area contributed by atoms with Gasteiger partial charge in [-0.15, -0.1) is 0 Å². The highest BCUT2D eigenvalue weighted by molar-refractivity contribution is 5.78. The summed E-state index contributed by atoms with van der Waals surface area (Å²) in [5, 5.41) is 8.79. The van der Waals surface area contributed by atoms with E-state index in [4.69, 9.17) is 10.8 Å². The Labute approximate surface area is 94.9 Å². The lowest BCUT2D eigenvalue weighted by atomic mass is 10.2. The Hall–Kier alpha value is -1.62. The lowest BCUT2D eigenvalue weighted by molar-refractivity contribution is -0.130. The molecule has 0 aromatic carbocycles. The van der Waals surface area contributed by atoms with Gasteiger partial charge in [-0.05, 0) is 19.1 Å². The van der Waals surface area contributed by atoms with Crippen molar-refractivity contribution in [2.75, 3.05) is 25.4 Å². The van der Waals surface area contributed by atoms with E-state index >= 15 is 0 Å². The van der Waals surface area contributed by atoms with Gasteiger partial charge in [0.25, 0.3) is 0 Å². The van der Waals surface area contributed by atoms with E-state index in [1.54, 1.807) is 17.0 Å². The average Bonchev–Trinajstić information content (AvgIpc) is 2.29. The summed E-state index contributed by atoms with van der Waals surface area (Å²) in [6, 6.07) is 3.46. The van der Waals surface area contributed by atoms with Crippen LogP contribution in [0.3, 0.4) is 0 Å². The molecule has 0 radical (unpaired) electrons. The fourth-order valence-electron chi connectivity index (χ4n) is 1.39. The molecule has 5 nitrogen and oxygen atoms in total. The van der Waals surface area contributed by atoms with Crippen molar-refractivity contribution in [3.63, 3.8) is 0 Å². The van der Waals surface area contributed by atoms with Gasteiger partial charge in [0.05, 0.1) is 24.9 Å². The zero-order valence-corrected chi connectivity index (χ0v) is 9.39. The molecule has 16 heavy (non-hydrogen) atoms. The van der Waals surface area contributed by atoms with E-state index in [0.717, 1.165) is 0 Å². The molecule has 0 aliphatic rings. The Morgan fingerprint density at radius 2 is 2.31 bits per heavy atom. The summed E-state index contributed by atoms with van der Waals surface area (Å²) in [4.78, 5) is 17.4. The third kappa shape index (κ3) is 3.51. The maximum Gasteiger partial charge on any atom is 0.228 e. The van der Waals surface area contributed by atoms with Crippen LogP contribution in [0.1, 0.15) is 12.6 Å². The Morgan fingerprint density at radius 3 is 2.81 bits per heavy atom. The molecule has 5 heteroatoms. The number of aliphatic hydroxyl groups is 1. The van der Waals surface area contributed by atoms with Gasteiger partial charge in [-0.1, -0.05) is 0 Å². The van der Waals surface area contributed by atoms with Crippen molar-refractivity contribution in [1.29, 1.82) is 0 Å². The number of nitrogens with zero attached hydrogens (tertiary/aromatic N) is 2. The standard InChI is InChI=1S/C11H17N3O2/c1-2-14(5-6-15)11(16)7-10-4-3-9(12)8-13-10/h3-4,8,15H,2,5-7,12H2,1H3. The molecule has 0 atom stereocenters. The number of amides is 1. The number of carbonyl (C=O) groups excluding carboxylic acids is 1. The monoisotopic (exact) mass is 223 g/mol. The van der Waals surface area contributed by atoms with Crippen LogP contribution in [0.15, 0.2) is 18.3 Å². The largest absolute Gasteiger partial charge is 0.397 e. The minimum atomic E-state index is -0.0335. The summed E-state index contributed by atoms with van der Waals surface area (Å²) in [7, 11) is 0. The molecule has 3 N–H and O–H groups in total. The molecular weight excluding hydrogens is 206 g/mol. The first-order valence-electron chi connectivity index (χ1n) is 5.26. The molecule has 0 spiro atoms. The fourth-order valence-corrected chi connectivity index (χ4v) is 1.39. The van der Waals surface area contributed by atoms with Crippen molar-refractivity contribution in [3.05, 3.63) is 24.0 Å². The van der Waals surface area contributed by atoms with Gasteiger partial charge in [0.2, 0.25) is 5.91 Å². The first-order chi connectivity index (χ1) is 7.67. The van der Waals surface area contributed by atoms with Crippen LogP contribution < -0.4 is 5.73 Å². The number of anilines is 1. The number of aromatic nitrogens is 1. The summed E-state index contributed by atoms with van der Waals surface area (Å²) >= 11 is 0. The van der Waals surface area contributed by atoms with E-state index < -0.39 is 0 Å². The lowest BCUT2D eigenvalue weighted by Crippen LogP contribution is -2.34. The number of rotatable bonds is 5. The minimum absolute atomic E-state index is 0.0191. The number of hydrogen-bond donors (Lipinski definition) is 2. The van der Waals surface area contributed by atoms with Crippen molar-refractivity contribution in [1.82, 2.24) is 9.88 Å². The van der Waals surface area contributed by atoms with Gasteiger partial charge < -0.3 is 15.7 Å². The predicted molar refractivity (Wildman–Crippen MR) is 61.7 cm³/mol. The zero-order chi connectivity index (χ0) is 12.0. The predicted octanol–water partition coefficient (Wildman–Crippen LogP) is 0.0471. The number of likely N-dealkylation sites (N-methyl/N-ethyl adjacent to an activating group) is 1. The topological polar surface area (TPSA) is 79.5 Å². The van der Waals surface area contributed by atoms with E-state index in [1.807, 2.05) is 6.92 Å². The van der Waals surface area contributed by atoms with Gasteiger partial charge in [-0.2, -0.15) is 0 Å². The third-order valence-corrected chi connectivity index (χ3v) is 2.28. The Balaban J connectivity index is 2.59. The summed E-state index contributed by atoms with van der Waals surface area (Å²) < 4.78 is 0. The van der Waals surface area contributed by atoms with Gasteiger partial charge >= 0.3 is 0 Å². The van der Waals surface area contributed by atoms with Crippen molar-refractivity contribution < 1.29 is 9.90 Å². The number of nitrogen functional groups attached to an aromatic ring is 1. The molecule has 0 unspecified atom stereocenters. The molecule has 0 fully saturated rings. The molecule has 0 saturated heterocycles. The molecule has 1 amide bonds. The van der Waals surface area contributed by atoms with Crippen LogP contribution >= 0.6 is 0 Å². The normalized spacial score (nSPS) is 10.1. The van der Waals surface area contributed by atoms with Crippen LogP contribution in [0.5, 0.6) is 0 Å². The molecule has 1 heterocycles. The van der Waals surface area contributed by atoms with Crippen molar-refractivity contribution >= 4 is 11.6 Å². The number of hydrogen-bond acceptors (Lipinski definition) is 4. The van der Waals surface area contributed by atoms with E-state index in [9.17, 15) is 4.79 Å². The van der Waals surface area contributed by atoms with Crippen LogP contribution in [0, 0.1) is 0 Å². The highest BCUT2D eigenvalue weighted by atomic mass is 16.3. The van der Waals surface area contributed by atoms with Crippen LogP contribution in [-0.2, 0) is 11.2 Å². The average molecular weight is 223 g/mol. The first kappa shape index (κ1) is 12.4. The van der Waals surface area contributed by atoms with Crippen LogP contribution in [0.4, 0.5) is 5.69 Å². The van der Waals surface area contributed by atoms with Crippen LogP contribution in [0.2, 0.25) is 0 Å². The number of pyridine rings is 1. The highest BCUT2D eigenvalue weighted by Gasteiger charge is 2.11. The van der Waals surface area contributed by atoms with Gasteiger partial charge in [0.1, 0.15) is 0 Å². The van der Waals surface area contributed by atoms with Gasteiger partial charge in [0, 0.05) is 18.8 Å². The maximum atomic E-state index is 11.8. The summed E-state index contributed by atoms with van der Waals surface area (Å²) in [5.74, 6) is -0.0335. The van der Waals surface area contributed by atoms with Gasteiger partial charge in [0.15, 0.2) is 0 Å². The Kier molecular flexibility index (Phi) is 4.72. The molecule has 1 aromatic rings. The van der Waals surface area contributed by atoms with Crippen molar-refractivity contribution in [2.24, 2.45) is 0 Å². The Morgan fingerprint density at radius 1 is 1.56 bits per heavy atom. The summed E-state index contributed by atoms with van der Waals surface area (Å²) in [6.45, 7) is 2.82. The second-order valence-electron chi connectivity index (χ2n) is 3.46. The molecule has 0 aliphatic heterocycles. The van der Waals surface area contributed by atoms with E-state index in [2.05, 4.69) is 4.98 Å². The van der Waals surface area contributed by atoms with E-state index in [1.165, 1.54) is 6.20 Å². The molecule has 0 saturated carbocycles. The van der Waals surface area contributed by atoms with E-state index in [-0.39, 0.29) is 18.9 Å². The highest BCUT2D eigenvalue weighted by Crippen LogP contribution is 2.03. The molecular formula is C11H17N3O2. The number of nitrogens with two attached hydrogens (primary N) is 1.